The van der Waals surface area contributed by atoms with E-state index >= 15 is 0 Å². The number of thiocarbonyl (C=S) groups is 1. The van der Waals surface area contributed by atoms with Crippen LogP contribution in [0, 0.1) is 6.92 Å². The predicted octanol–water partition coefficient (Wildman–Crippen LogP) is 2.03. The molecule has 2 rings (SSSR count). The van der Waals surface area contributed by atoms with E-state index in [-0.39, 0.29) is 0 Å². The fourth-order valence-electron chi connectivity index (χ4n) is 1.45. The molecule has 0 amide bonds. The SMILES string of the molecule is Cc1ccc(CNc2ccc(C(N)=S)nc2)cn1. The Bertz CT molecular complexity index is 534. The number of anilines is 1. The van der Waals surface area contributed by atoms with Gasteiger partial charge in [0.25, 0.3) is 0 Å². The summed E-state index contributed by atoms with van der Waals surface area (Å²) in [5.41, 5.74) is 9.18. The molecule has 0 radical (unpaired) electrons. The third-order valence-electron chi connectivity index (χ3n) is 2.49. The minimum atomic E-state index is 0.310. The number of rotatable bonds is 4. The molecule has 0 spiro atoms. The standard InChI is InChI=1S/C13H14N4S/c1-9-2-3-10(6-15-9)7-16-11-4-5-12(13(14)18)17-8-11/h2-6,8,16H,7H2,1H3,(H2,14,18). The van der Waals surface area contributed by atoms with Gasteiger partial charge in [-0.3, -0.25) is 9.97 Å². The fraction of sp³-hybridized carbons (Fsp3) is 0.154. The molecule has 0 saturated heterocycles. The zero-order chi connectivity index (χ0) is 13.0. The summed E-state index contributed by atoms with van der Waals surface area (Å²) in [6, 6.07) is 7.75. The largest absolute Gasteiger partial charge is 0.388 e. The van der Waals surface area contributed by atoms with Crippen molar-refractivity contribution in [1.29, 1.82) is 0 Å². The second-order valence-electron chi connectivity index (χ2n) is 3.96. The van der Waals surface area contributed by atoms with Gasteiger partial charge < -0.3 is 11.1 Å². The maximum Gasteiger partial charge on any atom is 0.122 e. The van der Waals surface area contributed by atoms with Gasteiger partial charge in [0.2, 0.25) is 0 Å². The van der Waals surface area contributed by atoms with Crippen LogP contribution in [-0.2, 0) is 6.54 Å². The van der Waals surface area contributed by atoms with Gasteiger partial charge in [0.15, 0.2) is 0 Å². The average Bonchev–Trinajstić information content (AvgIpc) is 2.38. The summed E-state index contributed by atoms with van der Waals surface area (Å²) in [5.74, 6) is 0. The quantitative estimate of drug-likeness (QED) is 0.822. The van der Waals surface area contributed by atoms with E-state index in [1.807, 2.05) is 31.3 Å². The molecule has 0 saturated carbocycles. The van der Waals surface area contributed by atoms with Crippen LogP contribution in [-0.4, -0.2) is 15.0 Å². The zero-order valence-corrected chi connectivity index (χ0v) is 10.9. The van der Waals surface area contributed by atoms with Crippen molar-refractivity contribution in [3.63, 3.8) is 0 Å². The molecular weight excluding hydrogens is 244 g/mol. The Morgan fingerprint density at radius 2 is 2.06 bits per heavy atom. The van der Waals surface area contributed by atoms with Crippen LogP contribution in [0.5, 0.6) is 0 Å². The van der Waals surface area contributed by atoms with Crippen LogP contribution < -0.4 is 11.1 Å². The maximum absolute atomic E-state index is 5.48. The molecule has 4 nitrogen and oxygen atoms in total. The van der Waals surface area contributed by atoms with E-state index in [0.29, 0.717) is 17.2 Å². The van der Waals surface area contributed by atoms with Gasteiger partial charge in [-0.25, -0.2) is 0 Å². The number of pyridine rings is 2. The molecule has 3 N–H and O–H groups in total. The van der Waals surface area contributed by atoms with Crippen LogP contribution in [0.25, 0.3) is 0 Å². The number of aryl methyl sites for hydroxylation is 1. The van der Waals surface area contributed by atoms with Gasteiger partial charge in [0, 0.05) is 18.4 Å². The highest BCUT2D eigenvalue weighted by atomic mass is 32.1. The molecule has 2 aromatic heterocycles. The minimum Gasteiger partial charge on any atom is -0.388 e. The van der Waals surface area contributed by atoms with Gasteiger partial charge in [-0.15, -0.1) is 0 Å². The molecule has 0 bridgehead atoms. The Morgan fingerprint density at radius 3 is 2.61 bits per heavy atom. The third kappa shape index (κ3) is 3.24. The number of hydrogen-bond acceptors (Lipinski definition) is 4. The first-order chi connectivity index (χ1) is 8.65. The van der Waals surface area contributed by atoms with Crippen LogP contribution in [0.1, 0.15) is 17.0 Å². The Balaban J connectivity index is 1.97. The van der Waals surface area contributed by atoms with Crippen molar-refractivity contribution in [3.8, 4) is 0 Å². The Kier molecular flexibility index (Phi) is 3.84. The van der Waals surface area contributed by atoms with E-state index in [1.165, 1.54) is 0 Å². The lowest BCUT2D eigenvalue weighted by molar-refractivity contribution is 1.08. The highest BCUT2D eigenvalue weighted by Crippen LogP contribution is 2.08. The molecule has 2 heterocycles. The molecule has 18 heavy (non-hydrogen) atoms. The summed E-state index contributed by atoms with van der Waals surface area (Å²) in [6.45, 7) is 2.68. The van der Waals surface area contributed by atoms with Crippen molar-refractivity contribution >= 4 is 22.9 Å². The van der Waals surface area contributed by atoms with Crippen molar-refractivity contribution in [2.24, 2.45) is 5.73 Å². The second kappa shape index (κ2) is 5.55. The minimum absolute atomic E-state index is 0.310. The van der Waals surface area contributed by atoms with Crippen molar-refractivity contribution in [3.05, 3.63) is 53.6 Å². The molecule has 0 unspecified atom stereocenters. The summed E-state index contributed by atoms with van der Waals surface area (Å²) >= 11 is 4.85. The van der Waals surface area contributed by atoms with E-state index < -0.39 is 0 Å². The van der Waals surface area contributed by atoms with Gasteiger partial charge in [-0.1, -0.05) is 18.3 Å². The summed E-state index contributed by atoms with van der Waals surface area (Å²) < 4.78 is 0. The smallest absolute Gasteiger partial charge is 0.122 e. The normalized spacial score (nSPS) is 10.1. The van der Waals surface area contributed by atoms with E-state index in [1.54, 1.807) is 12.3 Å². The van der Waals surface area contributed by atoms with Crippen LogP contribution >= 0.6 is 12.2 Å². The van der Waals surface area contributed by atoms with Crippen LogP contribution in [0.3, 0.4) is 0 Å². The zero-order valence-electron chi connectivity index (χ0n) is 10.1. The Hall–Kier alpha value is -2.01. The monoisotopic (exact) mass is 258 g/mol. The van der Waals surface area contributed by atoms with Crippen molar-refractivity contribution in [2.75, 3.05) is 5.32 Å². The van der Waals surface area contributed by atoms with Gasteiger partial charge in [-0.2, -0.15) is 0 Å². The lowest BCUT2D eigenvalue weighted by Crippen LogP contribution is -2.11. The van der Waals surface area contributed by atoms with Crippen LogP contribution in [0.4, 0.5) is 5.69 Å². The van der Waals surface area contributed by atoms with E-state index in [0.717, 1.165) is 16.9 Å². The maximum atomic E-state index is 5.48. The number of nitrogens with one attached hydrogen (secondary N) is 1. The summed E-state index contributed by atoms with van der Waals surface area (Å²) in [7, 11) is 0. The van der Waals surface area contributed by atoms with Crippen LogP contribution in [0.15, 0.2) is 36.7 Å². The molecule has 0 atom stereocenters. The lowest BCUT2D eigenvalue weighted by atomic mass is 10.2. The summed E-state index contributed by atoms with van der Waals surface area (Å²) in [4.78, 5) is 8.71. The summed E-state index contributed by atoms with van der Waals surface area (Å²) in [6.07, 6.45) is 3.58. The number of hydrogen-bond donors (Lipinski definition) is 2. The van der Waals surface area contributed by atoms with Crippen molar-refractivity contribution < 1.29 is 0 Å². The van der Waals surface area contributed by atoms with Crippen molar-refractivity contribution in [2.45, 2.75) is 13.5 Å². The fourth-order valence-corrected chi connectivity index (χ4v) is 1.57. The molecule has 0 aliphatic heterocycles. The average molecular weight is 258 g/mol. The first-order valence-electron chi connectivity index (χ1n) is 5.56. The van der Waals surface area contributed by atoms with Crippen LogP contribution in [0.2, 0.25) is 0 Å². The number of nitrogens with zero attached hydrogens (tertiary/aromatic N) is 2. The number of nitrogens with two attached hydrogens (primary N) is 1. The van der Waals surface area contributed by atoms with E-state index in [4.69, 9.17) is 18.0 Å². The molecule has 5 heteroatoms. The topological polar surface area (TPSA) is 63.8 Å². The van der Waals surface area contributed by atoms with Gasteiger partial charge in [0.1, 0.15) is 4.99 Å². The first kappa shape index (κ1) is 12.4. The first-order valence-corrected chi connectivity index (χ1v) is 5.97. The molecule has 92 valence electrons. The molecular formula is C13H14N4S. The van der Waals surface area contributed by atoms with Gasteiger partial charge >= 0.3 is 0 Å². The summed E-state index contributed by atoms with van der Waals surface area (Å²) in [5, 5.41) is 3.26. The molecule has 0 aliphatic carbocycles. The number of aromatic nitrogens is 2. The highest BCUT2D eigenvalue weighted by molar-refractivity contribution is 7.80. The van der Waals surface area contributed by atoms with Gasteiger partial charge in [-0.05, 0) is 30.7 Å². The highest BCUT2D eigenvalue weighted by Gasteiger charge is 1.98. The molecule has 0 fully saturated rings. The third-order valence-corrected chi connectivity index (χ3v) is 2.69. The molecule has 0 aliphatic rings. The Morgan fingerprint density at radius 1 is 1.22 bits per heavy atom. The lowest BCUT2D eigenvalue weighted by Gasteiger charge is -2.06. The van der Waals surface area contributed by atoms with E-state index in [9.17, 15) is 0 Å². The molecule has 2 aromatic rings. The van der Waals surface area contributed by atoms with Gasteiger partial charge in [0.05, 0.1) is 17.6 Å². The van der Waals surface area contributed by atoms with E-state index in [2.05, 4.69) is 15.3 Å². The molecule has 0 aromatic carbocycles. The van der Waals surface area contributed by atoms with Crippen molar-refractivity contribution in [1.82, 2.24) is 9.97 Å². The predicted molar refractivity (Wildman–Crippen MR) is 76.4 cm³/mol. The second-order valence-corrected chi connectivity index (χ2v) is 4.40. The Labute approximate surface area is 111 Å².